The lowest BCUT2D eigenvalue weighted by Crippen LogP contribution is -2.37. The van der Waals surface area contributed by atoms with Crippen LogP contribution in [0, 0.1) is 13.8 Å². The Bertz CT molecular complexity index is 709. The van der Waals surface area contributed by atoms with Gasteiger partial charge in [0, 0.05) is 18.8 Å². The first-order chi connectivity index (χ1) is 11.1. The van der Waals surface area contributed by atoms with E-state index in [0.717, 1.165) is 30.2 Å². The maximum atomic E-state index is 12.4. The number of ether oxygens (including phenoxy) is 1. The quantitative estimate of drug-likeness (QED) is 0.947. The Labute approximate surface area is 136 Å². The Kier molecular flexibility index (Phi) is 4.57. The van der Waals surface area contributed by atoms with Gasteiger partial charge in [0.2, 0.25) is 0 Å². The molecule has 0 saturated carbocycles. The van der Waals surface area contributed by atoms with Gasteiger partial charge in [-0.1, -0.05) is 12.1 Å². The summed E-state index contributed by atoms with van der Waals surface area (Å²) in [5, 5.41) is 2.91. The minimum Gasteiger partial charge on any atom is -0.378 e. The topological polar surface area (TPSA) is 54.5 Å². The van der Waals surface area contributed by atoms with Gasteiger partial charge in [-0.2, -0.15) is 0 Å². The van der Waals surface area contributed by atoms with Gasteiger partial charge < -0.3 is 15.0 Å². The third kappa shape index (κ3) is 3.68. The van der Waals surface area contributed by atoms with Gasteiger partial charge in [-0.25, -0.2) is 4.98 Å². The molecule has 5 nitrogen and oxygen atoms in total. The van der Waals surface area contributed by atoms with Gasteiger partial charge in [0.1, 0.15) is 11.5 Å². The summed E-state index contributed by atoms with van der Waals surface area (Å²) in [7, 11) is 0. The number of aromatic nitrogens is 1. The van der Waals surface area contributed by atoms with Crippen molar-refractivity contribution in [3.63, 3.8) is 0 Å². The van der Waals surface area contributed by atoms with Crippen molar-refractivity contribution in [3.8, 4) is 0 Å². The molecule has 5 heteroatoms. The number of nitrogens with zero attached hydrogens (tertiary/aromatic N) is 2. The standard InChI is InChI=1S/C18H21N3O2/c1-13-6-7-15(12-14(13)2)19-18(22)16-4-3-5-17(20-16)21-8-10-23-11-9-21/h3-7,12H,8-11H2,1-2H3,(H,19,22). The molecule has 1 aliphatic heterocycles. The first-order valence-corrected chi connectivity index (χ1v) is 7.82. The number of morpholine rings is 1. The average molecular weight is 311 g/mol. The summed E-state index contributed by atoms with van der Waals surface area (Å²) in [5.41, 5.74) is 3.57. The lowest BCUT2D eigenvalue weighted by atomic mass is 10.1. The number of amides is 1. The second kappa shape index (κ2) is 6.79. The maximum Gasteiger partial charge on any atom is 0.274 e. The molecule has 0 aliphatic carbocycles. The van der Waals surface area contributed by atoms with E-state index in [1.54, 1.807) is 6.07 Å². The molecule has 120 valence electrons. The molecule has 1 aromatic heterocycles. The van der Waals surface area contributed by atoms with Crippen molar-refractivity contribution in [2.24, 2.45) is 0 Å². The smallest absolute Gasteiger partial charge is 0.274 e. The monoisotopic (exact) mass is 311 g/mol. The third-order valence-corrected chi connectivity index (χ3v) is 4.07. The second-order valence-electron chi connectivity index (χ2n) is 5.73. The minimum absolute atomic E-state index is 0.191. The number of nitrogens with one attached hydrogen (secondary N) is 1. The van der Waals surface area contributed by atoms with Crippen molar-refractivity contribution in [2.75, 3.05) is 36.5 Å². The fraction of sp³-hybridized carbons (Fsp3) is 0.333. The lowest BCUT2D eigenvalue weighted by molar-refractivity contribution is 0.102. The molecule has 1 aliphatic rings. The molecule has 1 N–H and O–H groups in total. The molecular formula is C18H21N3O2. The van der Waals surface area contributed by atoms with E-state index in [9.17, 15) is 4.79 Å². The largest absolute Gasteiger partial charge is 0.378 e. The van der Waals surface area contributed by atoms with Crippen molar-refractivity contribution in [1.82, 2.24) is 4.98 Å². The summed E-state index contributed by atoms with van der Waals surface area (Å²) in [6.45, 7) is 7.07. The van der Waals surface area contributed by atoms with Crippen LogP contribution in [0.4, 0.5) is 11.5 Å². The highest BCUT2D eigenvalue weighted by atomic mass is 16.5. The van der Waals surface area contributed by atoms with Gasteiger partial charge in [0.25, 0.3) is 5.91 Å². The highest BCUT2D eigenvalue weighted by Crippen LogP contribution is 2.17. The van der Waals surface area contributed by atoms with E-state index in [1.807, 2.05) is 44.2 Å². The number of rotatable bonds is 3. The normalized spacial score (nSPS) is 14.6. The first kappa shape index (κ1) is 15.5. The molecule has 1 amide bonds. The van der Waals surface area contributed by atoms with E-state index in [-0.39, 0.29) is 5.91 Å². The van der Waals surface area contributed by atoms with Crippen molar-refractivity contribution in [3.05, 3.63) is 53.2 Å². The zero-order valence-electron chi connectivity index (χ0n) is 13.5. The summed E-state index contributed by atoms with van der Waals surface area (Å²) in [6, 6.07) is 11.4. The summed E-state index contributed by atoms with van der Waals surface area (Å²) < 4.78 is 5.35. The lowest BCUT2D eigenvalue weighted by Gasteiger charge is -2.27. The molecule has 3 rings (SSSR count). The van der Waals surface area contributed by atoms with Gasteiger partial charge in [0.15, 0.2) is 0 Å². The Balaban J connectivity index is 1.75. The van der Waals surface area contributed by atoms with Gasteiger partial charge >= 0.3 is 0 Å². The van der Waals surface area contributed by atoms with Gasteiger partial charge in [-0.15, -0.1) is 0 Å². The van der Waals surface area contributed by atoms with Crippen LogP contribution in [0.25, 0.3) is 0 Å². The van der Waals surface area contributed by atoms with Gasteiger partial charge in [-0.05, 0) is 49.2 Å². The molecule has 0 atom stereocenters. The Morgan fingerprint density at radius 2 is 1.91 bits per heavy atom. The van der Waals surface area contributed by atoms with E-state index in [2.05, 4.69) is 15.2 Å². The number of anilines is 2. The Hall–Kier alpha value is -2.40. The van der Waals surface area contributed by atoms with Crippen LogP contribution in [-0.2, 0) is 4.74 Å². The molecule has 1 saturated heterocycles. The number of benzene rings is 1. The van der Waals surface area contributed by atoms with E-state index in [0.29, 0.717) is 18.9 Å². The SMILES string of the molecule is Cc1ccc(NC(=O)c2cccc(N3CCOCC3)n2)cc1C. The minimum atomic E-state index is -0.191. The van der Waals surface area contributed by atoms with Crippen LogP contribution in [0.2, 0.25) is 0 Å². The molecule has 1 fully saturated rings. The summed E-state index contributed by atoms with van der Waals surface area (Å²) in [5.74, 6) is 0.629. The molecule has 23 heavy (non-hydrogen) atoms. The van der Waals surface area contributed by atoms with Crippen LogP contribution >= 0.6 is 0 Å². The molecule has 0 unspecified atom stereocenters. The van der Waals surface area contributed by atoms with Crippen LogP contribution in [0.1, 0.15) is 21.6 Å². The van der Waals surface area contributed by atoms with Crippen molar-refractivity contribution in [1.29, 1.82) is 0 Å². The fourth-order valence-corrected chi connectivity index (χ4v) is 2.53. The summed E-state index contributed by atoms with van der Waals surface area (Å²) >= 11 is 0. The number of aryl methyl sites for hydroxylation is 2. The zero-order valence-corrected chi connectivity index (χ0v) is 13.5. The van der Waals surface area contributed by atoms with Crippen molar-refractivity contribution in [2.45, 2.75) is 13.8 Å². The van der Waals surface area contributed by atoms with E-state index in [4.69, 9.17) is 4.74 Å². The molecule has 0 bridgehead atoms. The summed E-state index contributed by atoms with van der Waals surface area (Å²) in [6.07, 6.45) is 0. The maximum absolute atomic E-state index is 12.4. The zero-order chi connectivity index (χ0) is 16.2. The molecule has 2 heterocycles. The predicted molar refractivity (Wildman–Crippen MR) is 91.1 cm³/mol. The van der Waals surface area contributed by atoms with Crippen molar-refractivity contribution < 1.29 is 9.53 Å². The molecule has 2 aromatic rings. The van der Waals surface area contributed by atoms with Crippen LogP contribution in [0.3, 0.4) is 0 Å². The number of hydrogen-bond donors (Lipinski definition) is 1. The summed E-state index contributed by atoms with van der Waals surface area (Å²) in [4.78, 5) is 19.1. The fourth-order valence-electron chi connectivity index (χ4n) is 2.53. The average Bonchev–Trinajstić information content (AvgIpc) is 2.59. The van der Waals surface area contributed by atoms with E-state index < -0.39 is 0 Å². The van der Waals surface area contributed by atoms with Gasteiger partial charge in [0.05, 0.1) is 13.2 Å². The van der Waals surface area contributed by atoms with Crippen molar-refractivity contribution >= 4 is 17.4 Å². The van der Waals surface area contributed by atoms with E-state index in [1.165, 1.54) is 5.56 Å². The highest BCUT2D eigenvalue weighted by molar-refractivity contribution is 6.03. The molecular weight excluding hydrogens is 290 g/mol. The molecule has 0 radical (unpaired) electrons. The highest BCUT2D eigenvalue weighted by Gasteiger charge is 2.15. The van der Waals surface area contributed by atoms with Crippen LogP contribution in [0.15, 0.2) is 36.4 Å². The van der Waals surface area contributed by atoms with Crippen LogP contribution < -0.4 is 10.2 Å². The molecule has 0 spiro atoms. The Morgan fingerprint density at radius 3 is 2.65 bits per heavy atom. The first-order valence-electron chi connectivity index (χ1n) is 7.82. The van der Waals surface area contributed by atoms with Crippen LogP contribution in [-0.4, -0.2) is 37.2 Å². The number of carbonyl (C=O) groups excluding carboxylic acids is 1. The second-order valence-corrected chi connectivity index (χ2v) is 5.73. The number of carbonyl (C=O) groups is 1. The predicted octanol–water partition coefficient (Wildman–Crippen LogP) is 2.79. The van der Waals surface area contributed by atoms with E-state index >= 15 is 0 Å². The van der Waals surface area contributed by atoms with Crippen LogP contribution in [0.5, 0.6) is 0 Å². The molecule has 1 aromatic carbocycles. The third-order valence-electron chi connectivity index (χ3n) is 4.07. The number of hydrogen-bond acceptors (Lipinski definition) is 4. The Morgan fingerprint density at radius 1 is 1.13 bits per heavy atom. The number of pyridine rings is 1. The van der Waals surface area contributed by atoms with Gasteiger partial charge in [-0.3, -0.25) is 4.79 Å².